The molecule has 1 rings (SSSR count). The second-order valence-corrected chi connectivity index (χ2v) is 4.45. The summed E-state index contributed by atoms with van der Waals surface area (Å²) in [4.78, 5) is 17.8. The zero-order valence-electron chi connectivity index (χ0n) is 10.9. The minimum absolute atomic E-state index is 0.0133. The molecule has 17 heavy (non-hydrogen) atoms. The van der Waals surface area contributed by atoms with Gasteiger partial charge in [-0.25, -0.2) is 4.98 Å². The van der Waals surface area contributed by atoms with Crippen LogP contribution in [0, 0.1) is 0 Å². The van der Waals surface area contributed by atoms with Crippen molar-refractivity contribution >= 4 is 5.91 Å². The zero-order chi connectivity index (χ0) is 12.8. The summed E-state index contributed by atoms with van der Waals surface area (Å²) < 4.78 is 5.35. The van der Waals surface area contributed by atoms with Gasteiger partial charge in [0.05, 0.1) is 0 Å². The van der Waals surface area contributed by atoms with Crippen LogP contribution in [0.5, 0.6) is 5.88 Å². The molecule has 4 heteroatoms. The molecule has 0 fully saturated rings. The highest BCUT2D eigenvalue weighted by atomic mass is 16.5. The molecule has 1 amide bonds. The third-order valence-electron chi connectivity index (χ3n) is 2.38. The normalized spacial score (nSPS) is 10.7. The van der Waals surface area contributed by atoms with Gasteiger partial charge in [-0.15, -0.1) is 0 Å². The summed E-state index contributed by atoms with van der Waals surface area (Å²) in [6.07, 6.45) is 1.64. The van der Waals surface area contributed by atoms with Gasteiger partial charge < -0.3 is 9.64 Å². The largest absolute Gasteiger partial charge is 0.468 e. The Labute approximate surface area is 103 Å². The van der Waals surface area contributed by atoms with Crippen molar-refractivity contribution in [2.24, 2.45) is 0 Å². The Hall–Kier alpha value is -1.58. The second-order valence-electron chi connectivity index (χ2n) is 4.45. The van der Waals surface area contributed by atoms with Crippen LogP contribution in [-0.2, 0) is 4.79 Å². The Morgan fingerprint density at radius 1 is 1.29 bits per heavy atom. The van der Waals surface area contributed by atoms with Crippen LogP contribution in [0.4, 0.5) is 0 Å². The van der Waals surface area contributed by atoms with Gasteiger partial charge in [-0.3, -0.25) is 4.79 Å². The molecule has 0 atom stereocenters. The Kier molecular flexibility index (Phi) is 4.94. The number of pyridine rings is 1. The van der Waals surface area contributed by atoms with Crippen LogP contribution in [-0.4, -0.2) is 34.5 Å². The molecule has 0 spiro atoms. The number of hydrogen-bond donors (Lipinski definition) is 0. The predicted molar refractivity (Wildman–Crippen MR) is 66.9 cm³/mol. The van der Waals surface area contributed by atoms with Gasteiger partial charge in [0.25, 0.3) is 5.91 Å². The second kappa shape index (κ2) is 6.23. The summed E-state index contributed by atoms with van der Waals surface area (Å²) in [5, 5.41) is 0. The first-order chi connectivity index (χ1) is 8.02. The maximum atomic E-state index is 12.0. The van der Waals surface area contributed by atoms with Crippen molar-refractivity contribution in [1.82, 2.24) is 9.88 Å². The summed E-state index contributed by atoms with van der Waals surface area (Å²) in [5.74, 6) is 0.467. The van der Waals surface area contributed by atoms with E-state index in [1.165, 1.54) is 0 Å². The fourth-order valence-electron chi connectivity index (χ4n) is 1.81. The average Bonchev–Trinajstić information content (AvgIpc) is 2.27. The van der Waals surface area contributed by atoms with E-state index in [9.17, 15) is 4.79 Å². The van der Waals surface area contributed by atoms with Crippen LogP contribution in [0.25, 0.3) is 0 Å². The van der Waals surface area contributed by atoms with Crippen LogP contribution in [0.1, 0.15) is 27.7 Å². The Balaban J connectivity index is 2.54. The lowest BCUT2D eigenvalue weighted by Crippen LogP contribution is -2.44. The van der Waals surface area contributed by atoms with Gasteiger partial charge in [0.15, 0.2) is 6.61 Å². The Morgan fingerprint density at radius 2 is 1.94 bits per heavy atom. The Morgan fingerprint density at radius 3 is 2.41 bits per heavy atom. The molecule has 0 aromatic carbocycles. The molecule has 0 aliphatic rings. The van der Waals surface area contributed by atoms with Gasteiger partial charge in [0, 0.05) is 24.3 Å². The van der Waals surface area contributed by atoms with Gasteiger partial charge in [-0.05, 0) is 33.8 Å². The van der Waals surface area contributed by atoms with Gasteiger partial charge in [-0.2, -0.15) is 0 Å². The third-order valence-corrected chi connectivity index (χ3v) is 2.38. The minimum Gasteiger partial charge on any atom is -0.468 e. The molecule has 0 saturated carbocycles. The lowest BCUT2D eigenvalue weighted by molar-refractivity contribution is -0.137. The smallest absolute Gasteiger partial charge is 0.261 e. The van der Waals surface area contributed by atoms with E-state index in [1.807, 2.05) is 44.7 Å². The average molecular weight is 236 g/mol. The van der Waals surface area contributed by atoms with E-state index >= 15 is 0 Å². The number of nitrogens with zero attached hydrogens (tertiary/aromatic N) is 2. The first-order valence-electron chi connectivity index (χ1n) is 5.87. The summed E-state index contributed by atoms with van der Waals surface area (Å²) in [7, 11) is 0. The number of hydrogen-bond acceptors (Lipinski definition) is 3. The number of ether oxygens (including phenoxy) is 1. The summed E-state index contributed by atoms with van der Waals surface area (Å²) >= 11 is 0. The van der Waals surface area contributed by atoms with E-state index in [2.05, 4.69) is 4.98 Å². The summed E-state index contributed by atoms with van der Waals surface area (Å²) in [6.45, 7) is 8.03. The van der Waals surface area contributed by atoms with Gasteiger partial charge >= 0.3 is 0 Å². The van der Waals surface area contributed by atoms with E-state index in [0.29, 0.717) is 5.88 Å². The molecule has 4 nitrogen and oxygen atoms in total. The molecule has 1 aromatic rings. The van der Waals surface area contributed by atoms with Gasteiger partial charge in [0.1, 0.15) is 0 Å². The van der Waals surface area contributed by atoms with Crippen LogP contribution in [0.15, 0.2) is 24.4 Å². The zero-order valence-corrected chi connectivity index (χ0v) is 10.9. The van der Waals surface area contributed by atoms with E-state index in [1.54, 1.807) is 12.3 Å². The molecule has 0 saturated heterocycles. The number of carbonyl (C=O) groups is 1. The van der Waals surface area contributed by atoms with E-state index in [0.717, 1.165) is 0 Å². The molecule has 1 aromatic heterocycles. The molecule has 0 unspecified atom stereocenters. The number of carbonyl (C=O) groups excluding carboxylic acids is 1. The summed E-state index contributed by atoms with van der Waals surface area (Å²) in [6, 6.07) is 5.73. The molecule has 0 bridgehead atoms. The SMILES string of the molecule is CC(C)N(C(=O)COc1ccccn1)C(C)C. The Bertz CT molecular complexity index is 342. The first kappa shape index (κ1) is 13.5. The fourth-order valence-corrected chi connectivity index (χ4v) is 1.81. The number of rotatable bonds is 5. The van der Waals surface area contributed by atoms with E-state index in [-0.39, 0.29) is 24.6 Å². The molecule has 0 radical (unpaired) electrons. The molecule has 0 N–H and O–H groups in total. The molecular weight excluding hydrogens is 216 g/mol. The molecule has 0 aliphatic heterocycles. The van der Waals surface area contributed by atoms with Gasteiger partial charge in [-0.1, -0.05) is 6.07 Å². The fraction of sp³-hybridized carbons (Fsp3) is 0.538. The summed E-state index contributed by atoms with van der Waals surface area (Å²) in [5.41, 5.74) is 0. The lowest BCUT2D eigenvalue weighted by Gasteiger charge is -2.30. The topological polar surface area (TPSA) is 42.4 Å². The monoisotopic (exact) mass is 236 g/mol. The van der Waals surface area contributed by atoms with Crippen molar-refractivity contribution in [3.63, 3.8) is 0 Å². The van der Waals surface area contributed by atoms with Crippen LogP contribution in [0.2, 0.25) is 0 Å². The molecule has 1 heterocycles. The van der Waals surface area contributed by atoms with E-state index in [4.69, 9.17) is 4.74 Å². The van der Waals surface area contributed by atoms with Crippen LogP contribution in [0.3, 0.4) is 0 Å². The van der Waals surface area contributed by atoms with Crippen molar-refractivity contribution in [3.8, 4) is 5.88 Å². The highest BCUT2D eigenvalue weighted by Gasteiger charge is 2.20. The minimum atomic E-state index is -0.0133. The van der Waals surface area contributed by atoms with Crippen molar-refractivity contribution in [2.75, 3.05) is 6.61 Å². The standard InChI is InChI=1S/C13H20N2O2/c1-10(2)15(11(3)4)13(16)9-17-12-7-5-6-8-14-12/h5-8,10-11H,9H2,1-4H3. The van der Waals surface area contributed by atoms with Crippen molar-refractivity contribution in [1.29, 1.82) is 0 Å². The molecule has 94 valence electrons. The maximum absolute atomic E-state index is 12.0. The van der Waals surface area contributed by atoms with Crippen LogP contribution >= 0.6 is 0 Å². The highest BCUT2D eigenvalue weighted by Crippen LogP contribution is 2.08. The van der Waals surface area contributed by atoms with Crippen molar-refractivity contribution in [2.45, 2.75) is 39.8 Å². The van der Waals surface area contributed by atoms with Crippen molar-refractivity contribution < 1.29 is 9.53 Å². The maximum Gasteiger partial charge on any atom is 0.261 e. The third kappa shape index (κ3) is 4.06. The van der Waals surface area contributed by atoms with E-state index < -0.39 is 0 Å². The number of amides is 1. The molecular formula is C13H20N2O2. The van der Waals surface area contributed by atoms with Crippen molar-refractivity contribution in [3.05, 3.63) is 24.4 Å². The van der Waals surface area contributed by atoms with Crippen LogP contribution < -0.4 is 4.74 Å². The predicted octanol–water partition coefficient (Wildman–Crippen LogP) is 2.11. The molecule has 0 aliphatic carbocycles. The van der Waals surface area contributed by atoms with Gasteiger partial charge in [0.2, 0.25) is 5.88 Å². The lowest BCUT2D eigenvalue weighted by atomic mass is 10.2. The quantitative estimate of drug-likeness (QED) is 0.786. The first-order valence-corrected chi connectivity index (χ1v) is 5.87. The number of aromatic nitrogens is 1. The highest BCUT2D eigenvalue weighted by molar-refractivity contribution is 5.78.